The first-order valence-corrected chi connectivity index (χ1v) is 19.7. The van der Waals surface area contributed by atoms with Gasteiger partial charge in [0.1, 0.15) is 17.9 Å². The maximum Gasteiger partial charge on any atom is 0.309 e. The van der Waals surface area contributed by atoms with Gasteiger partial charge in [-0.1, -0.05) is 59.6 Å². The Labute approximate surface area is 309 Å². The van der Waals surface area contributed by atoms with Crippen LogP contribution in [0.3, 0.4) is 0 Å². The minimum absolute atomic E-state index is 0.114. The van der Waals surface area contributed by atoms with Crippen molar-refractivity contribution in [1.82, 2.24) is 15.2 Å². The molecular formula is C43H58N4O5. The molecule has 7 rings (SSSR count). The zero-order valence-electron chi connectivity index (χ0n) is 32.8. The van der Waals surface area contributed by atoms with E-state index in [1.165, 1.54) is 6.42 Å². The van der Waals surface area contributed by atoms with Crippen LogP contribution in [0.1, 0.15) is 145 Å². The molecule has 280 valence electrons. The first kappa shape index (κ1) is 36.8. The Morgan fingerprint density at radius 2 is 1.73 bits per heavy atom. The van der Waals surface area contributed by atoms with Crippen LogP contribution in [0.15, 0.2) is 33.9 Å². The predicted octanol–water partition coefficient (Wildman–Crippen LogP) is 9.47. The third-order valence-corrected chi connectivity index (χ3v) is 16.0. The van der Waals surface area contributed by atoms with Gasteiger partial charge in [-0.3, -0.25) is 9.59 Å². The zero-order chi connectivity index (χ0) is 37.6. The standard InChI is InChI=1S/C43H58N4O5/c1-25(2)28-14-19-43(36-47-46-35(52-36)26-10-11-27(23-44)45-24-26)21-20-41(8)29(34(28)43)12-13-31-40(7)17-16-32(51-33(48)22-38(3,4)37(49)50)39(5,6)30(40)15-18-42(31,41)9/h10-11,24-25,29-32H,12-22H2,1-9H3,(H,49,50)/t29-,30+,31-,32+,40+,41-,42-,43+/m1/s1. The number of carboxylic acid groups (broad SMARTS) is 1. The van der Waals surface area contributed by atoms with Gasteiger partial charge in [-0.25, -0.2) is 4.98 Å². The quantitative estimate of drug-likeness (QED) is 0.220. The van der Waals surface area contributed by atoms with Gasteiger partial charge in [-0.2, -0.15) is 5.26 Å². The molecule has 0 spiro atoms. The van der Waals surface area contributed by atoms with Crippen molar-refractivity contribution in [3.8, 4) is 17.5 Å². The van der Waals surface area contributed by atoms with E-state index in [1.54, 1.807) is 37.3 Å². The molecule has 0 aromatic carbocycles. The number of hydrogen-bond acceptors (Lipinski definition) is 8. The van der Waals surface area contributed by atoms with Crippen molar-refractivity contribution in [3.63, 3.8) is 0 Å². The topological polar surface area (TPSA) is 139 Å². The number of allylic oxidation sites excluding steroid dienone is 2. The van der Waals surface area contributed by atoms with Crippen molar-refractivity contribution < 1.29 is 23.8 Å². The number of aromatic nitrogens is 3. The van der Waals surface area contributed by atoms with Crippen molar-refractivity contribution in [2.45, 2.75) is 144 Å². The molecule has 52 heavy (non-hydrogen) atoms. The Hall–Kier alpha value is -3.54. The molecular weight excluding hydrogens is 652 g/mol. The van der Waals surface area contributed by atoms with E-state index < -0.39 is 17.4 Å². The molecule has 0 aliphatic heterocycles. The highest BCUT2D eigenvalue weighted by molar-refractivity contribution is 5.81. The number of nitriles is 1. The molecule has 0 unspecified atom stereocenters. The Kier molecular flexibility index (Phi) is 8.67. The first-order chi connectivity index (χ1) is 24.3. The lowest BCUT2D eigenvalue weighted by atomic mass is 9.33. The second-order valence-electron chi connectivity index (χ2n) is 19.5. The third-order valence-electron chi connectivity index (χ3n) is 16.0. The number of aliphatic carboxylic acids is 1. The molecule has 0 amide bonds. The largest absolute Gasteiger partial charge is 0.481 e. The highest BCUT2D eigenvalue weighted by Gasteiger charge is 2.70. The normalized spacial score (nSPS) is 36.6. The van der Waals surface area contributed by atoms with Crippen molar-refractivity contribution in [3.05, 3.63) is 41.1 Å². The molecule has 2 aromatic heterocycles. The SMILES string of the molecule is CC(C)C1=C2[C@H]3CC[C@@H]4[C@@]5(C)CC[C@H](OC(=O)CC(C)(C)C(=O)O)C(C)(C)[C@@H]5CC[C@@]4(C)[C@]3(C)CC[C@@]2(c2nnc(-c3ccc(C#N)nc3)o2)CC1. The first-order valence-electron chi connectivity index (χ1n) is 19.7. The van der Waals surface area contributed by atoms with Crippen LogP contribution in [0.2, 0.25) is 0 Å². The summed E-state index contributed by atoms with van der Waals surface area (Å²) in [7, 11) is 0. The number of esters is 1. The number of carboxylic acids is 1. The smallest absolute Gasteiger partial charge is 0.309 e. The highest BCUT2D eigenvalue weighted by atomic mass is 16.5. The van der Waals surface area contributed by atoms with Gasteiger partial charge in [-0.15, -0.1) is 10.2 Å². The summed E-state index contributed by atoms with van der Waals surface area (Å²) >= 11 is 0. The lowest BCUT2D eigenvalue weighted by Crippen LogP contribution is -2.66. The van der Waals surface area contributed by atoms with Gasteiger partial charge in [0.2, 0.25) is 11.8 Å². The van der Waals surface area contributed by atoms with Gasteiger partial charge in [-0.05, 0) is 130 Å². The summed E-state index contributed by atoms with van der Waals surface area (Å²) in [4.78, 5) is 29.1. The molecule has 2 heterocycles. The van der Waals surface area contributed by atoms with Gasteiger partial charge < -0.3 is 14.3 Å². The molecule has 2 aromatic rings. The maximum atomic E-state index is 13.1. The minimum atomic E-state index is -1.15. The second kappa shape index (κ2) is 12.2. The fourth-order valence-electron chi connectivity index (χ4n) is 12.9. The Balaban J connectivity index is 1.18. The number of pyridine rings is 1. The summed E-state index contributed by atoms with van der Waals surface area (Å²) < 4.78 is 12.8. The van der Waals surface area contributed by atoms with Gasteiger partial charge >= 0.3 is 11.9 Å². The Morgan fingerprint density at radius 1 is 0.981 bits per heavy atom. The molecule has 1 N–H and O–H groups in total. The van der Waals surface area contributed by atoms with Crippen molar-refractivity contribution in [2.24, 2.45) is 50.7 Å². The summed E-state index contributed by atoms with van der Waals surface area (Å²) in [6.45, 7) is 20.3. The average Bonchev–Trinajstić information content (AvgIpc) is 3.73. The number of rotatable bonds is 7. The molecule has 5 aliphatic rings. The van der Waals surface area contributed by atoms with Crippen LogP contribution in [0, 0.1) is 62.1 Å². The lowest BCUT2D eigenvalue weighted by Gasteiger charge is -2.72. The molecule has 4 saturated carbocycles. The molecule has 0 radical (unpaired) electrons. The fourth-order valence-corrected chi connectivity index (χ4v) is 12.9. The van der Waals surface area contributed by atoms with Gasteiger partial charge in [0.15, 0.2) is 0 Å². The molecule has 0 bridgehead atoms. The fraction of sp³-hybridized carbons (Fsp3) is 0.721. The van der Waals surface area contributed by atoms with Crippen molar-refractivity contribution in [1.29, 1.82) is 5.26 Å². The Morgan fingerprint density at radius 3 is 2.38 bits per heavy atom. The van der Waals surface area contributed by atoms with Crippen LogP contribution < -0.4 is 0 Å². The summed E-state index contributed by atoms with van der Waals surface area (Å²) in [5.41, 5.74) is 3.04. The van der Waals surface area contributed by atoms with E-state index >= 15 is 0 Å². The van der Waals surface area contributed by atoms with E-state index in [2.05, 4.69) is 64.6 Å². The van der Waals surface area contributed by atoms with E-state index in [-0.39, 0.29) is 39.6 Å². The second-order valence-corrected chi connectivity index (χ2v) is 19.5. The van der Waals surface area contributed by atoms with Crippen molar-refractivity contribution >= 4 is 11.9 Å². The summed E-state index contributed by atoms with van der Waals surface area (Å²) in [5, 5.41) is 28.2. The number of hydrogen-bond donors (Lipinski definition) is 1. The van der Waals surface area contributed by atoms with Crippen LogP contribution in [0.5, 0.6) is 0 Å². The molecule has 5 aliphatic carbocycles. The van der Waals surface area contributed by atoms with Gasteiger partial charge in [0, 0.05) is 11.6 Å². The van der Waals surface area contributed by atoms with Crippen LogP contribution in [0.4, 0.5) is 0 Å². The van der Waals surface area contributed by atoms with Crippen LogP contribution in [0.25, 0.3) is 11.5 Å². The van der Waals surface area contributed by atoms with E-state index in [0.29, 0.717) is 35.3 Å². The maximum absolute atomic E-state index is 13.1. The van der Waals surface area contributed by atoms with Crippen LogP contribution >= 0.6 is 0 Å². The average molecular weight is 711 g/mol. The molecule has 0 saturated heterocycles. The highest BCUT2D eigenvalue weighted by Crippen LogP contribution is 2.77. The molecule has 8 atom stereocenters. The minimum Gasteiger partial charge on any atom is -0.481 e. The zero-order valence-corrected chi connectivity index (χ0v) is 32.8. The van der Waals surface area contributed by atoms with Gasteiger partial charge in [0.25, 0.3) is 0 Å². The van der Waals surface area contributed by atoms with Crippen molar-refractivity contribution in [2.75, 3.05) is 0 Å². The van der Waals surface area contributed by atoms with Crippen LogP contribution in [-0.4, -0.2) is 38.3 Å². The summed E-state index contributed by atoms with van der Waals surface area (Å²) in [5.74, 6) is 1.67. The monoisotopic (exact) mass is 710 g/mol. The number of carbonyl (C=O) groups is 2. The van der Waals surface area contributed by atoms with E-state index in [4.69, 9.17) is 14.3 Å². The van der Waals surface area contributed by atoms with E-state index in [0.717, 1.165) is 69.2 Å². The summed E-state index contributed by atoms with van der Waals surface area (Å²) in [6.07, 6.45) is 11.9. The molecule has 4 fully saturated rings. The summed E-state index contributed by atoms with van der Waals surface area (Å²) in [6, 6.07) is 5.61. The third kappa shape index (κ3) is 5.23. The predicted molar refractivity (Wildman–Crippen MR) is 196 cm³/mol. The Bertz CT molecular complexity index is 1840. The van der Waals surface area contributed by atoms with Crippen LogP contribution in [-0.2, 0) is 19.7 Å². The van der Waals surface area contributed by atoms with E-state index in [9.17, 15) is 20.0 Å². The number of carbonyl (C=O) groups excluding carboxylic acids is 1. The van der Waals surface area contributed by atoms with Gasteiger partial charge in [0.05, 0.1) is 22.8 Å². The molecule has 9 heteroatoms. The number of ether oxygens (including phenoxy) is 1. The number of fused-ring (bicyclic) bond motifs is 7. The number of nitrogens with zero attached hydrogens (tertiary/aromatic N) is 4. The molecule has 9 nitrogen and oxygen atoms in total. The van der Waals surface area contributed by atoms with E-state index in [1.807, 2.05) is 6.07 Å². The lowest BCUT2D eigenvalue weighted by molar-refractivity contribution is -0.232.